The molecule has 2 atom stereocenters. The van der Waals surface area contributed by atoms with Crippen LogP contribution in [0, 0.1) is 17.2 Å². The Hall–Kier alpha value is -1.49. The second kappa shape index (κ2) is 4.35. The van der Waals surface area contributed by atoms with Gasteiger partial charge in [-0.15, -0.1) is 0 Å². The molecule has 78 valence electrons. The third-order valence-corrected chi connectivity index (χ3v) is 3.06. The van der Waals surface area contributed by atoms with E-state index >= 15 is 0 Å². The molecular formula is C13H16N2. The molecule has 0 heterocycles. The van der Waals surface area contributed by atoms with Gasteiger partial charge in [0.2, 0.25) is 0 Å². The first kappa shape index (κ1) is 10.0. The molecule has 0 saturated heterocycles. The van der Waals surface area contributed by atoms with E-state index in [1.807, 2.05) is 24.3 Å². The maximum Gasteiger partial charge on any atom is 0.0992 e. The maximum atomic E-state index is 8.79. The molecule has 2 heteroatoms. The second-order valence-electron chi connectivity index (χ2n) is 4.45. The Kier molecular flexibility index (Phi) is 2.91. The molecule has 1 saturated carbocycles. The number of nitrogens with one attached hydrogen (secondary N) is 1. The van der Waals surface area contributed by atoms with Crippen molar-refractivity contribution in [1.29, 1.82) is 5.26 Å². The van der Waals surface area contributed by atoms with E-state index in [-0.39, 0.29) is 0 Å². The van der Waals surface area contributed by atoms with Crippen molar-refractivity contribution in [3.63, 3.8) is 0 Å². The molecule has 0 bridgehead atoms. The average molecular weight is 200 g/mol. The van der Waals surface area contributed by atoms with E-state index < -0.39 is 0 Å². The van der Waals surface area contributed by atoms with Gasteiger partial charge in [0.1, 0.15) is 0 Å². The Morgan fingerprint density at radius 1 is 1.40 bits per heavy atom. The topological polar surface area (TPSA) is 35.8 Å². The highest BCUT2D eigenvalue weighted by Crippen LogP contribution is 2.27. The normalized spacial score (nSPS) is 24.8. The summed E-state index contributed by atoms with van der Waals surface area (Å²) in [5, 5.41) is 12.3. The number of rotatable bonds is 2. The second-order valence-corrected chi connectivity index (χ2v) is 4.45. The zero-order valence-corrected chi connectivity index (χ0v) is 9.03. The lowest BCUT2D eigenvalue weighted by molar-refractivity contribution is 0.602. The molecule has 1 fully saturated rings. The summed E-state index contributed by atoms with van der Waals surface area (Å²) in [6.45, 7) is 2.30. The maximum absolute atomic E-state index is 8.79. The highest BCUT2D eigenvalue weighted by atomic mass is 14.9. The summed E-state index contributed by atoms with van der Waals surface area (Å²) in [4.78, 5) is 0. The van der Waals surface area contributed by atoms with Crippen molar-refractivity contribution in [3.05, 3.63) is 29.8 Å². The fraction of sp³-hybridized carbons (Fsp3) is 0.462. The van der Waals surface area contributed by atoms with Gasteiger partial charge in [0.25, 0.3) is 0 Å². The summed E-state index contributed by atoms with van der Waals surface area (Å²) in [5.41, 5.74) is 1.80. The smallest absolute Gasteiger partial charge is 0.0992 e. The van der Waals surface area contributed by atoms with E-state index in [2.05, 4.69) is 18.3 Å². The number of hydrogen-bond donors (Lipinski definition) is 1. The predicted octanol–water partition coefficient (Wildman–Crippen LogP) is 3.16. The van der Waals surface area contributed by atoms with Crippen LogP contribution in [-0.2, 0) is 0 Å². The lowest BCUT2D eigenvalue weighted by Crippen LogP contribution is -2.15. The molecule has 0 unspecified atom stereocenters. The minimum absolute atomic E-state index is 0.592. The zero-order chi connectivity index (χ0) is 10.7. The van der Waals surface area contributed by atoms with Crippen LogP contribution in [0.2, 0.25) is 0 Å². The molecule has 2 rings (SSSR count). The molecular weight excluding hydrogens is 184 g/mol. The molecule has 1 aliphatic rings. The van der Waals surface area contributed by atoms with E-state index in [1.165, 1.54) is 19.3 Å². The zero-order valence-electron chi connectivity index (χ0n) is 9.03. The van der Waals surface area contributed by atoms with Gasteiger partial charge in [-0.25, -0.2) is 0 Å². The summed E-state index contributed by atoms with van der Waals surface area (Å²) in [6, 6.07) is 10.5. The molecule has 1 aliphatic carbocycles. The molecule has 1 N–H and O–H groups in total. The Bertz CT molecular complexity index is 378. The van der Waals surface area contributed by atoms with Crippen LogP contribution in [0.25, 0.3) is 0 Å². The molecule has 0 amide bonds. The van der Waals surface area contributed by atoms with Gasteiger partial charge in [0.15, 0.2) is 0 Å². The van der Waals surface area contributed by atoms with Crippen molar-refractivity contribution in [2.24, 2.45) is 5.92 Å². The number of anilines is 1. The monoisotopic (exact) mass is 200 g/mol. The molecule has 15 heavy (non-hydrogen) atoms. The van der Waals surface area contributed by atoms with Crippen LogP contribution in [0.5, 0.6) is 0 Å². The van der Waals surface area contributed by atoms with Crippen LogP contribution >= 0.6 is 0 Å². The van der Waals surface area contributed by atoms with Crippen molar-refractivity contribution in [2.45, 2.75) is 32.2 Å². The summed E-state index contributed by atoms with van der Waals surface area (Å²) in [6.07, 6.45) is 3.81. The molecule has 2 nitrogen and oxygen atoms in total. The standard InChI is InChI=1S/C13H16N2/c1-10-5-6-13(7-10)15-12-4-2-3-11(8-12)9-14/h2-4,8,10,13,15H,5-7H2,1H3/t10-,13+/m1/s1. The Balaban J connectivity index is 2.02. The van der Waals surface area contributed by atoms with Crippen molar-refractivity contribution < 1.29 is 0 Å². The first-order chi connectivity index (χ1) is 7.28. The molecule has 0 aromatic heterocycles. The highest BCUT2D eigenvalue weighted by molar-refractivity contribution is 5.49. The molecule has 1 aromatic carbocycles. The van der Waals surface area contributed by atoms with E-state index in [4.69, 9.17) is 5.26 Å². The van der Waals surface area contributed by atoms with Crippen molar-refractivity contribution in [3.8, 4) is 6.07 Å². The largest absolute Gasteiger partial charge is 0.382 e. The quantitative estimate of drug-likeness (QED) is 0.796. The number of hydrogen-bond acceptors (Lipinski definition) is 2. The number of nitriles is 1. The minimum Gasteiger partial charge on any atom is -0.382 e. The van der Waals surface area contributed by atoms with Gasteiger partial charge in [-0.05, 0) is 43.4 Å². The van der Waals surface area contributed by atoms with Gasteiger partial charge in [-0.1, -0.05) is 13.0 Å². The average Bonchev–Trinajstić information content (AvgIpc) is 2.64. The molecule has 0 radical (unpaired) electrons. The number of nitrogens with zero attached hydrogens (tertiary/aromatic N) is 1. The first-order valence-electron chi connectivity index (χ1n) is 5.54. The molecule has 0 spiro atoms. The SMILES string of the molecule is C[C@@H]1CC[C@H](Nc2cccc(C#N)c2)C1. The van der Waals surface area contributed by atoms with Crippen molar-refractivity contribution >= 4 is 5.69 Å². The van der Waals surface area contributed by atoms with Crippen LogP contribution in [0.1, 0.15) is 31.7 Å². The molecule has 1 aromatic rings. The van der Waals surface area contributed by atoms with Gasteiger partial charge in [-0.2, -0.15) is 5.26 Å². The minimum atomic E-state index is 0.592. The van der Waals surface area contributed by atoms with Gasteiger partial charge in [0.05, 0.1) is 11.6 Å². The van der Waals surface area contributed by atoms with Crippen LogP contribution in [0.15, 0.2) is 24.3 Å². The van der Waals surface area contributed by atoms with Crippen LogP contribution in [-0.4, -0.2) is 6.04 Å². The number of benzene rings is 1. The van der Waals surface area contributed by atoms with Crippen LogP contribution in [0.3, 0.4) is 0 Å². The Labute approximate surface area is 90.9 Å². The Morgan fingerprint density at radius 2 is 2.27 bits per heavy atom. The third kappa shape index (κ3) is 2.50. The van der Waals surface area contributed by atoms with Crippen molar-refractivity contribution in [2.75, 3.05) is 5.32 Å². The van der Waals surface area contributed by atoms with Crippen LogP contribution < -0.4 is 5.32 Å². The fourth-order valence-electron chi connectivity index (χ4n) is 2.25. The van der Waals surface area contributed by atoms with E-state index in [1.54, 1.807) is 0 Å². The van der Waals surface area contributed by atoms with Gasteiger partial charge >= 0.3 is 0 Å². The molecule has 0 aliphatic heterocycles. The predicted molar refractivity (Wildman–Crippen MR) is 61.6 cm³/mol. The summed E-state index contributed by atoms with van der Waals surface area (Å²) >= 11 is 0. The first-order valence-corrected chi connectivity index (χ1v) is 5.54. The lowest BCUT2D eigenvalue weighted by atomic mass is 10.1. The van der Waals surface area contributed by atoms with E-state index in [9.17, 15) is 0 Å². The van der Waals surface area contributed by atoms with Crippen LogP contribution in [0.4, 0.5) is 5.69 Å². The van der Waals surface area contributed by atoms with Gasteiger partial charge in [-0.3, -0.25) is 0 Å². The van der Waals surface area contributed by atoms with Crippen molar-refractivity contribution in [1.82, 2.24) is 0 Å². The summed E-state index contributed by atoms with van der Waals surface area (Å²) in [7, 11) is 0. The third-order valence-electron chi connectivity index (χ3n) is 3.06. The summed E-state index contributed by atoms with van der Waals surface area (Å²) in [5.74, 6) is 0.835. The fourth-order valence-corrected chi connectivity index (χ4v) is 2.25. The van der Waals surface area contributed by atoms with Gasteiger partial charge < -0.3 is 5.32 Å². The van der Waals surface area contributed by atoms with Gasteiger partial charge in [0, 0.05) is 11.7 Å². The van der Waals surface area contributed by atoms with E-state index in [0.717, 1.165) is 17.2 Å². The van der Waals surface area contributed by atoms with E-state index in [0.29, 0.717) is 6.04 Å². The Morgan fingerprint density at radius 3 is 2.93 bits per heavy atom. The lowest BCUT2D eigenvalue weighted by Gasteiger charge is -2.13. The summed E-state index contributed by atoms with van der Waals surface area (Å²) < 4.78 is 0. The highest BCUT2D eigenvalue weighted by Gasteiger charge is 2.20.